The number of hydrogen-bond acceptors (Lipinski definition) is 5. The zero-order valence-corrected chi connectivity index (χ0v) is 11.9. The number of aromatic nitrogens is 4. The van der Waals surface area contributed by atoms with Crippen molar-refractivity contribution in [1.29, 1.82) is 0 Å². The average molecular weight is 298 g/mol. The highest BCUT2D eigenvalue weighted by Gasteiger charge is 2.20. The minimum Gasteiger partial charge on any atom is -0.366 e. The van der Waals surface area contributed by atoms with Crippen LogP contribution < -0.4 is 9.80 Å². The topological polar surface area (TPSA) is 49.6 Å². The van der Waals surface area contributed by atoms with E-state index >= 15 is 0 Å². The molecule has 0 unspecified atom stereocenters. The first-order valence-corrected chi connectivity index (χ1v) is 7.23. The number of halogens is 1. The van der Waals surface area contributed by atoms with Crippen LogP contribution in [0.25, 0.3) is 5.65 Å². The average Bonchev–Trinajstić information content (AvgIpc) is 3.03. The van der Waals surface area contributed by atoms with Crippen LogP contribution in [-0.4, -0.2) is 46.0 Å². The molecule has 0 atom stereocenters. The highest BCUT2D eigenvalue weighted by molar-refractivity contribution is 5.51. The van der Waals surface area contributed by atoms with Crippen molar-refractivity contribution in [2.45, 2.75) is 0 Å². The second-order valence-corrected chi connectivity index (χ2v) is 5.25. The van der Waals surface area contributed by atoms with Crippen LogP contribution in [0, 0.1) is 5.82 Å². The fraction of sp³-hybridized carbons (Fsp3) is 0.267. The molecule has 0 aliphatic carbocycles. The fourth-order valence-corrected chi connectivity index (χ4v) is 2.77. The predicted molar refractivity (Wildman–Crippen MR) is 81.6 cm³/mol. The standard InChI is InChI=1S/C15H15FN6/c16-12-3-1-2-4-13(12)20-7-9-21(10-8-20)15-6-5-14-18-17-11-22(14)19-15/h1-6,11H,7-10H2. The number of fused-ring (bicyclic) bond motifs is 1. The third kappa shape index (κ3) is 2.24. The molecule has 3 aromatic rings. The van der Waals surface area contributed by atoms with E-state index in [4.69, 9.17) is 0 Å². The van der Waals surface area contributed by atoms with E-state index in [0.717, 1.165) is 37.6 Å². The first-order valence-electron chi connectivity index (χ1n) is 7.23. The Hall–Kier alpha value is -2.70. The second kappa shape index (κ2) is 5.25. The summed E-state index contributed by atoms with van der Waals surface area (Å²) in [5, 5.41) is 12.3. The van der Waals surface area contributed by atoms with Gasteiger partial charge in [0.1, 0.15) is 18.0 Å². The highest BCUT2D eigenvalue weighted by atomic mass is 19.1. The van der Waals surface area contributed by atoms with Gasteiger partial charge in [0, 0.05) is 26.2 Å². The molecular weight excluding hydrogens is 283 g/mol. The minimum atomic E-state index is -0.167. The number of anilines is 2. The molecule has 0 bridgehead atoms. The molecule has 3 heterocycles. The molecule has 1 aliphatic heterocycles. The van der Waals surface area contributed by atoms with Gasteiger partial charge in [0.05, 0.1) is 5.69 Å². The van der Waals surface area contributed by atoms with Crippen LogP contribution >= 0.6 is 0 Å². The van der Waals surface area contributed by atoms with Crippen LogP contribution in [0.5, 0.6) is 0 Å². The largest absolute Gasteiger partial charge is 0.366 e. The summed E-state index contributed by atoms with van der Waals surface area (Å²) in [7, 11) is 0. The lowest BCUT2D eigenvalue weighted by atomic mass is 10.2. The monoisotopic (exact) mass is 298 g/mol. The van der Waals surface area contributed by atoms with Gasteiger partial charge in [0.15, 0.2) is 5.65 Å². The molecule has 0 N–H and O–H groups in total. The molecular formula is C15H15FN6. The summed E-state index contributed by atoms with van der Waals surface area (Å²) in [5.41, 5.74) is 1.40. The third-order valence-corrected chi connectivity index (χ3v) is 3.94. The van der Waals surface area contributed by atoms with E-state index in [9.17, 15) is 4.39 Å². The molecule has 7 heteroatoms. The fourth-order valence-electron chi connectivity index (χ4n) is 2.77. The van der Waals surface area contributed by atoms with Crippen LogP contribution in [0.4, 0.5) is 15.9 Å². The number of hydrogen-bond donors (Lipinski definition) is 0. The molecule has 0 saturated carbocycles. The van der Waals surface area contributed by atoms with E-state index in [1.807, 2.05) is 24.3 Å². The summed E-state index contributed by atoms with van der Waals surface area (Å²) in [6.07, 6.45) is 1.59. The third-order valence-electron chi connectivity index (χ3n) is 3.94. The summed E-state index contributed by atoms with van der Waals surface area (Å²) in [6, 6.07) is 10.8. The van der Waals surface area contributed by atoms with E-state index in [1.54, 1.807) is 16.9 Å². The molecule has 6 nitrogen and oxygen atoms in total. The molecule has 2 aromatic heterocycles. The lowest BCUT2D eigenvalue weighted by Crippen LogP contribution is -2.47. The molecule has 112 valence electrons. The Bertz CT molecular complexity index is 793. The van der Waals surface area contributed by atoms with E-state index in [0.29, 0.717) is 5.69 Å². The predicted octanol–water partition coefficient (Wildman–Crippen LogP) is 1.59. The van der Waals surface area contributed by atoms with Gasteiger partial charge >= 0.3 is 0 Å². The molecule has 1 aromatic carbocycles. The van der Waals surface area contributed by atoms with Gasteiger partial charge in [0.25, 0.3) is 0 Å². The molecule has 0 radical (unpaired) electrons. The van der Waals surface area contributed by atoms with Crippen molar-refractivity contribution >= 4 is 17.2 Å². The summed E-state index contributed by atoms with van der Waals surface area (Å²) >= 11 is 0. The molecule has 22 heavy (non-hydrogen) atoms. The van der Waals surface area contributed by atoms with Crippen molar-refractivity contribution in [2.24, 2.45) is 0 Å². The smallest absolute Gasteiger partial charge is 0.177 e. The Labute approximate surface area is 126 Å². The Morgan fingerprint density at radius 1 is 0.909 bits per heavy atom. The zero-order valence-electron chi connectivity index (χ0n) is 11.9. The summed E-state index contributed by atoms with van der Waals surface area (Å²) in [5.74, 6) is 0.723. The number of benzene rings is 1. The van der Waals surface area contributed by atoms with Crippen molar-refractivity contribution in [2.75, 3.05) is 36.0 Å². The van der Waals surface area contributed by atoms with Gasteiger partial charge in [-0.05, 0) is 24.3 Å². The van der Waals surface area contributed by atoms with Crippen molar-refractivity contribution in [3.05, 3.63) is 48.5 Å². The molecule has 0 spiro atoms. The lowest BCUT2D eigenvalue weighted by Gasteiger charge is -2.36. The van der Waals surface area contributed by atoms with Gasteiger partial charge in [-0.15, -0.1) is 15.3 Å². The highest BCUT2D eigenvalue weighted by Crippen LogP contribution is 2.21. The maximum atomic E-state index is 13.8. The van der Waals surface area contributed by atoms with Crippen molar-refractivity contribution < 1.29 is 4.39 Å². The molecule has 1 fully saturated rings. The summed E-state index contributed by atoms with van der Waals surface area (Å²) < 4.78 is 15.5. The van der Waals surface area contributed by atoms with Gasteiger partial charge in [0.2, 0.25) is 0 Å². The maximum Gasteiger partial charge on any atom is 0.177 e. The van der Waals surface area contributed by atoms with Crippen LogP contribution in [0.3, 0.4) is 0 Å². The SMILES string of the molecule is Fc1ccccc1N1CCN(c2ccc3nncn3n2)CC1. The lowest BCUT2D eigenvalue weighted by molar-refractivity contribution is 0.594. The van der Waals surface area contributed by atoms with Gasteiger partial charge < -0.3 is 9.80 Å². The Kier molecular flexibility index (Phi) is 3.10. The van der Waals surface area contributed by atoms with E-state index in [2.05, 4.69) is 25.1 Å². The van der Waals surface area contributed by atoms with Crippen LogP contribution in [0.1, 0.15) is 0 Å². The Balaban J connectivity index is 1.50. The van der Waals surface area contributed by atoms with Gasteiger partial charge in [-0.25, -0.2) is 4.39 Å². The van der Waals surface area contributed by atoms with Crippen molar-refractivity contribution in [3.63, 3.8) is 0 Å². The van der Waals surface area contributed by atoms with E-state index in [-0.39, 0.29) is 5.82 Å². The number of rotatable bonds is 2. The Morgan fingerprint density at radius 3 is 2.50 bits per heavy atom. The second-order valence-electron chi connectivity index (χ2n) is 5.25. The summed E-state index contributed by atoms with van der Waals surface area (Å²) in [6.45, 7) is 3.13. The first kappa shape index (κ1) is 13.0. The van der Waals surface area contributed by atoms with E-state index in [1.165, 1.54) is 6.07 Å². The zero-order chi connectivity index (χ0) is 14.9. The minimum absolute atomic E-state index is 0.167. The van der Waals surface area contributed by atoms with Crippen LogP contribution in [0.2, 0.25) is 0 Å². The number of nitrogens with zero attached hydrogens (tertiary/aromatic N) is 6. The molecule has 1 aliphatic rings. The number of piperazine rings is 1. The van der Waals surface area contributed by atoms with E-state index < -0.39 is 0 Å². The van der Waals surface area contributed by atoms with Crippen molar-refractivity contribution in [3.8, 4) is 0 Å². The Morgan fingerprint density at radius 2 is 1.68 bits per heavy atom. The molecule has 0 amide bonds. The van der Waals surface area contributed by atoms with Crippen LogP contribution in [0.15, 0.2) is 42.7 Å². The van der Waals surface area contributed by atoms with Crippen molar-refractivity contribution in [1.82, 2.24) is 19.8 Å². The van der Waals surface area contributed by atoms with Gasteiger partial charge in [-0.2, -0.15) is 4.52 Å². The normalized spacial score (nSPS) is 15.5. The summed E-state index contributed by atoms with van der Waals surface area (Å²) in [4.78, 5) is 4.26. The first-order chi connectivity index (χ1) is 10.8. The molecule has 4 rings (SSSR count). The van der Waals surface area contributed by atoms with Gasteiger partial charge in [-0.3, -0.25) is 0 Å². The number of para-hydroxylation sites is 1. The maximum absolute atomic E-state index is 13.8. The van der Waals surface area contributed by atoms with Gasteiger partial charge in [-0.1, -0.05) is 12.1 Å². The quantitative estimate of drug-likeness (QED) is 0.719. The van der Waals surface area contributed by atoms with Crippen LogP contribution in [-0.2, 0) is 0 Å². The molecule has 1 saturated heterocycles.